The highest BCUT2D eigenvalue weighted by Crippen LogP contribution is 2.29. The van der Waals surface area contributed by atoms with Crippen LogP contribution in [0.4, 0.5) is 15.0 Å². The number of aromatic nitrogens is 2. The molecule has 3 rings (SSSR count). The lowest BCUT2D eigenvalue weighted by molar-refractivity contribution is 0.206. The van der Waals surface area contributed by atoms with Crippen LogP contribution in [0.5, 0.6) is 0 Å². The Labute approximate surface area is 121 Å². The molecule has 2 aromatic heterocycles. The summed E-state index contributed by atoms with van der Waals surface area (Å²) in [6.07, 6.45) is 6.80. The maximum absolute atomic E-state index is 13.6. The number of hydrogen-bond donors (Lipinski definition) is 1. The number of amides is 2. The number of nitrogens with zero attached hydrogens (tertiary/aromatic N) is 3. The second-order valence-electron chi connectivity index (χ2n) is 4.98. The van der Waals surface area contributed by atoms with Crippen molar-refractivity contribution in [3.63, 3.8) is 0 Å². The largest absolute Gasteiger partial charge is 0.323 e. The van der Waals surface area contributed by atoms with Gasteiger partial charge in [0.05, 0.1) is 0 Å². The molecule has 1 N–H and O–H groups in total. The fourth-order valence-electron chi connectivity index (χ4n) is 2.09. The quantitative estimate of drug-likeness (QED) is 0.940. The summed E-state index contributed by atoms with van der Waals surface area (Å²) < 4.78 is 13.6. The first kappa shape index (κ1) is 13.5. The average molecular weight is 286 g/mol. The van der Waals surface area contributed by atoms with Gasteiger partial charge in [-0.15, -0.1) is 0 Å². The molecule has 21 heavy (non-hydrogen) atoms. The summed E-state index contributed by atoms with van der Waals surface area (Å²) in [6.45, 7) is 0.457. The Morgan fingerprint density at radius 3 is 2.81 bits per heavy atom. The van der Waals surface area contributed by atoms with E-state index < -0.39 is 5.82 Å². The third kappa shape index (κ3) is 3.34. The highest BCUT2D eigenvalue weighted by molar-refractivity contribution is 5.88. The van der Waals surface area contributed by atoms with Gasteiger partial charge < -0.3 is 4.90 Å². The molecule has 5 nitrogen and oxygen atoms in total. The molecular formula is C15H15FN4O. The topological polar surface area (TPSA) is 58.1 Å². The average Bonchev–Trinajstić information content (AvgIpc) is 3.33. The number of hydrogen-bond acceptors (Lipinski definition) is 3. The summed E-state index contributed by atoms with van der Waals surface area (Å²) in [5.41, 5.74) is 0.945. The Kier molecular flexibility index (Phi) is 3.77. The second kappa shape index (κ2) is 5.87. The van der Waals surface area contributed by atoms with Crippen molar-refractivity contribution < 1.29 is 9.18 Å². The molecule has 0 bridgehead atoms. The minimum absolute atomic E-state index is 0.0423. The van der Waals surface area contributed by atoms with Gasteiger partial charge in [-0.05, 0) is 36.6 Å². The van der Waals surface area contributed by atoms with Gasteiger partial charge >= 0.3 is 6.03 Å². The second-order valence-corrected chi connectivity index (χ2v) is 4.98. The summed E-state index contributed by atoms with van der Waals surface area (Å²) in [5.74, 6) is -0.581. The molecule has 108 valence electrons. The molecule has 2 heterocycles. The number of rotatable bonds is 4. The molecule has 0 atom stereocenters. The van der Waals surface area contributed by atoms with Crippen molar-refractivity contribution in [1.82, 2.24) is 14.9 Å². The van der Waals surface area contributed by atoms with Crippen LogP contribution in [0.1, 0.15) is 18.4 Å². The number of halogens is 1. The molecule has 1 saturated carbocycles. The summed E-state index contributed by atoms with van der Waals surface area (Å²) in [5, 5.41) is 2.53. The van der Waals surface area contributed by atoms with Crippen LogP contribution in [-0.4, -0.2) is 26.9 Å². The zero-order valence-corrected chi connectivity index (χ0v) is 11.4. The third-order valence-corrected chi connectivity index (χ3v) is 3.31. The van der Waals surface area contributed by atoms with Gasteiger partial charge in [0.2, 0.25) is 0 Å². The van der Waals surface area contributed by atoms with Crippen molar-refractivity contribution in [2.45, 2.75) is 25.4 Å². The molecule has 0 spiro atoms. The Hall–Kier alpha value is -2.50. The predicted molar refractivity (Wildman–Crippen MR) is 76.0 cm³/mol. The van der Waals surface area contributed by atoms with Gasteiger partial charge in [-0.3, -0.25) is 10.3 Å². The first-order valence-corrected chi connectivity index (χ1v) is 6.81. The molecule has 0 unspecified atom stereocenters. The van der Waals surface area contributed by atoms with Crippen LogP contribution in [0.15, 0.2) is 42.9 Å². The smallest absolute Gasteiger partial charge is 0.317 e. The van der Waals surface area contributed by atoms with Crippen LogP contribution < -0.4 is 5.32 Å². The molecule has 1 aliphatic carbocycles. The SMILES string of the molecule is O=C(Nc1ncccc1F)N(Cc1cccnc1)C1CC1. The van der Waals surface area contributed by atoms with Gasteiger partial charge in [0.15, 0.2) is 11.6 Å². The first-order valence-electron chi connectivity index (χ1n) is 6.81. The number of pyridine rings is 2. The standard InChI is InChI=1S/C15H15FN4O/c16-13-4-2-8-18-14(13)19-15(21)20(12-5-6-12)10-11-3-1-7-17-9-11/h1-4,7-9,12H,5-6,10H2,(H,18,19,21). The Morgan fingerprint density at radius 1 is 1.33 bits per heavy atom. The van der Waals surface area contributed by atoms with Gasteiger partial charge in [-0.1, -0.05) is 6.07 Å². The fraction of sp³-hybridized carbons (Fsp3) is 0.267. The summed E-state index contributed by atoms with van der Waals surface area (Å²) >= 11 is 0. The lowest BCUT2D eigenvalue weighted by Crippen LogP contribution is -2.36. The van der Waals surface area contributed by atoms with Crippen LogP contribution in [0.3, 0.4) is 0 Å². The van der Waals surface area contributed by atoms with E-state index >= 15 is 0 Å². The summed E-state index contributed by atoms with van der Waals surface area (Å²) in [4.78, 5) is 21.9. The Morgan fingerprint density at radius 2 is 2.14 bits per heavy atom. The number of nitrogens with one attached hydrogen (secondary N) is 1. The maximum Gasteiger partial charge on any atom is 0.323 e. The van der Waals surface area contributed by atoms with Crippen LogP contribution in [-0.2, 0) is 6.54 Å². The Balaban J connectivity index is 1.72. The number of urea groups is 1. The normalized spacial score (nSPS) is 13.8. The van der Waals surface area contributed by atoms with E-state index in [2.05, 4.69) is 15.3 Å². The highest BCUT2D eigenvalue weighted by Gasteiger charge is 2.33. The molecule has 2 aromatic rings. The number of anilines is 1. The minimum atomic E-state index is -0.539. The van der Waals surface area contributed by atoms with E-state index in [0.29, 0.717) is 6.54 Å². The van der Waals surface area contributed by atoms with Crippen LogP contribution in [0.2, 0.25) is 0 Å². The maximum atomic E-state index is 13.6. The van der Waals surface area contributed by atoms with Crippen LogP contribution in [0, 0.1) is 5.82 Å². The minimum Gasteiger partial charge on any atom is -0.317 e. The van der Waals surface area contributed by atoms with E-state index in [4.69, 9.17) is 0 Å². The zero-order chi connectivity index (χ0) is 14.7. The van der Waals surface area contributed by atoms with Crippen molar-refractivity contribution in [2.75, 3.05) is 5.32 Å². The highest BCUT2D eigenvalue weighted by atomic mass is 19.1. The fourth-order valence-corrected chi connectivity index (χ4v) is 2.09. The van der Waals surface area contributed by atoms with Crippen molar-refractivity contribution >= 4 is 11.8 Å². The van der Waals surface area contributed by atoms with Crippen molar-refractivity contribution in [2.24, 2.45) is 0 Å². The summed E-state index contributed by atoms with van der Waals surface area (Å²) in [7, 11) is 0. The van der Waals surface area contributed by atoms with Gasteiger partial charge in [-0.25, -0.2) is 14.2 Å². The van der Waals surface area contributed by atoms with E-state index in [0.717, 1.165) is 18.4 Å². The van der Waals surface area contributed by atoms with E-state index in [-0.39, 0.29) is 17.9 Å². The lowest BCUT2D eigenvalue weighted by atomic mass is 10.2. The van der Waals surface area contributed by atoms with Gasteiger partial charge in [0.25, 0.3) is 0 Å². The zero-order valence-electron chi connectivity index (χ0n) is 11.4. The molecular weight excluding hydrogens is 271 g/mol. The van der Waals surface area contributed by atoms with Crippen LogP contribution in [0.25, 0.3) is 0 Å². The first-order chi connectivity index (χ1) is 10.2. The predicted octanol–water partition coefficient (Wildman–Crippen LogP) is 2.81. The molecule has 2 amide bonds. The lowest BCUT2D eigenvalue weighted by Gasteiger charge is -2.22. The monoisotopic (exact) mass is 286 g/mol. The molecule has 0 saturated heterocycles. The van der Waals surface area contributed by atoms with Crippen molar-refractivity contribution in [3.8, 4) is 0 Å². The molecule has 1 fully saturated rings. The van der Waals surface area contributed by atoms with E-state index in [1.807, 2.05) is 12.1 Å². The molecule has 1 aliphatic rings. The molecule has 0 aromatic carbocycles. The third-order valence-electron chi connectivity index (χ3n) is 3.31. The summed E-state index contributed by atoms with van der Waals surface area (Å²) in [6, 6.07) is 6.37. The van der Waals surface area contributed by atoms with E-state index in [1.54, 1.807) is 17.3 Å². The molecule has 0 aliphatic heterocycles. The van der Waals surface area contributed by atoms with E-state index in [1.165, 1.54) is 18.3 Å². The molecule has 0 radical (unpaired) electrons. The van der Waals surface area contributed by atoms with Gasteiger partial charge in [-0.2, -0.15) is 0 Å². The number of carbonyl (C=O) groups excluding carboxylic acids is 1. The van der Waals surface area contributed by atoms with Gasteiger partial charge in [0, 0.05) is 31.2 Å². The van der Waals surface area contributed by atoms with Gasteiger partial charge in [0.1, 0.15) is 0 Å². The van der Waals surface area contributed by atoms with E-state index in [9.17, 15) is 9.18 Å². The molecule has 6 heteroatoms. The number of carbonyl (C=O) groups is 1. The Bertz CT molecular complexity index is 631. The van der Waals surface area contributed by atoms with Crippen molar-refractivity contribution in [3.05, 3.63) is 54.2 Å². The van der Waals surface area contributed by atoms with Crippen LogP contribution >= 0.6 is 0 Å². The van der Waals surface area contributed by atoms with Crippen molar-refractivity contribution in [1.29, 1.82) is 0 Å².